The predicted octanol–water partition coefficient (Wildman–Crippen LogP) is 4.18. The van der Waals surface area contributed by atoms with Crippen molar-refractivity contribution in [1.29, 1.82) is 0 Å². The Bertz CT molecular complexity index is 179. The van der Waals surface area contributed by atoms with Crippen LogP contribution in [-0.2, 0) is 0 Å². The van der Waals surface area contributed by atoms with Crippen LogP contribution in [0.5, 0.6) is 0 Å². The fourth-order valence-corrected chi connectivity index (χ4v) is 2.90. The highest BCUT2D eigenvalue weighted by Crippen LogP contribution is 2.36. The molecule has 0 atom stereocenters. The molecule has 0 aromatic heterocycles. The molecule has 0 saturated carbocycles. The molecule has 3 heteroatoms. The average molecular weight is 458 g/mol. The third kappa shape index (κ3) is 2.32. The summed E-state index contributed by atoms with van der Waals surface area (Å²) < 4.78 is 4.38. The molecule has 0 aliphatic heterocycles. The molecule has 1 rings (SSSR count). The highest BCUT2D eigenvalue weighted by Gasteiger charge is 2.07. The Labute approximate surface area is 96.0 Å². The molecule has 0 radical (unpaired) electrons. The van der Waals surface area contributed by atoms with Crippen molar-refractivity contribution in [2.24, 2.45) is 0 Å². The van der Waals surface area contributed by atoms with Crippen molar-refractivity contribution in [3.8, 4) is 0 Å². The maximum atomic E-state index is 2.42. The smallest absolute Gasteiger partial charge is 0.0353 e. The molecule has 0 aromatic carbocycles. The third-order valence-electron chi connectivity index (χ3n) is 1.14. The van der Waals surface area contributed by atoms with E-state index in [-0.39, 0.29) is 0 Å². The van der Waals surface area contributed by atoms with Crippen LogP contribution in [0.25, 0.3) is 0 Å². The molecule has 1 aliphatic rings. The molecule has 9 heavy (non-hydrogen) atoms. The van der Waals surface area contributed by atoms with Crippen LogP contribution in [0, 0.1) is 0 Å². The van der Waals surface area contributed by atoms with Crippen LogP contribution in [0.2, 0.25) is 0 Å². The van der Waals surface area contributed by atoms with Gasteiger partial charge in [-0.3, -0.25) is 0 Å². The van der Waals surface area contributed by atoms with E-state index in [0.29, 0.717) is 0 Å². The molecule has 0 spiro atoms. The minimum Gasteiger partial charge on any atom is -0.0697 e. The van der Waals surface area contributed by atoms with Crippen molar-refractivity contribution >= 4 is 67.8 Å². The molecule has 0 fully saturated rings. The van der Waals surface area contributed by atoms with Crippen LogP contribution < -0.4 is 0 Å². The molecule has 0 aromatic rings. The summed E-state index contributed by atoms with van der Waals surface area (Å²) >= 11 is 7.22. The van der Waals surface area contributed by atoms with E-state index < -0.39 is 0 Å². The van der Waals surface area contributed by atoms with Crippen molar-refractivity contribution in [3.05, 3.63) is 16.8 Å². The molecule has 1 aliphatic carbocycles. The van der Waals surface area contributed by atoms with Gasteiger partial charge in [-0.1, -0.05) is 6.08 Å². The standard InChI is InChI=1S/C6H5I3/c7-4-2-1-3-5(8)6(4)9/h2H,1,3H2. The first-order valence-corrected chi connectivity index (χ1v) is 5.85. The monoisotopic (exact) mass is 458 g/mol. The van der Waals surface area contributed by atoms with Crippen molar-refractivity contribution < 1.29 is 0 Å². The highest BCUT2D eigenvalue weighted by molar-refractivity contribution is 14.1. The minimum atomic E-state index is 1.23. The van der Waals surface area contributed by atoms with Gasteiger partial charge in [0.05, 0.1) is 0 Å². The lowest BCUT2D eigenvalue weighted by Crippen LogP contribution is -1.85. The highest BCUT2D eigenvalue weighted by atomic mass is 127. The first kappa shape index (κ1) is 8.76. The molecule has 0 unspecified atom stereocenters. The largest absolute Gasteiger partial charge is 0.0697 e. The number of allylic oxidation sites excluding steroid dienone is 4. The molecule has 0 bridgehead atoms. The van der Waals surface area contributed by atoms with Crippen LogP contribution in [0.15, 0.2) is 16.8 Å². The molecule has 0 amide bonds. The van der Waals surface area contributed by atoms with Crippen molar-refractivity contribution in [3.63, 3.8) is 0 Å². The van der Waals surface area contributed by atoms with Gasteiger partial charge in [0.1, 0.15) is 0 Å². The van der Waals surface area contributed by atoms with Gasteiger partial charge in [0.2, 0.25) is 0 Å². The molecule has 0 nitrogen and oxygen atoms in total. The second kappa shape index (κ2) is 3.89. The number of rotatable bonds is 0. The Balaban J connectivity index is 2.88. The van der Waals surface area contributed by atoms with E-state index in [2.05, 4.69) is 73.8 Å². The molecular weight excluding hydrogens is 453 g/mol. The summed E-state index contributed by atoms with van der Waals surface area (Å²) in [6.07, 6.45) is 4.76. The zero-order chi connectivity index (χ0) is 6.85. The number of halogens is 3. The van der Waals surface area contributed by atoms with E-state index in [1.165, 1.54) is 23.6 Å². The van der Waals surface area contributed by atoms with Gasteiger partial charge in [-0.2, -0.15) is 0 Å². The van der Waals surface area contributed by atoms with Gasteiger partial charge in [0.25, 0.3) is 0 Å². The van der Waals surface area contributed by atoms with Crippen LogP contribution >= 0.6 is 67.8 Å². The summed E-state index contributed by atoms with van der Waals surface area (Å²) in [5.41, 5.74) is 0. The maximum Gasteiger partial charge on any atom is 0.0353 e. The van der Waals surface area contributed by atoms with E-state index in [1.54, 1.807) is 0 Å². The van der Waals surface area contributed by atoms with Gasteiger partial charge in [-0.25, -0.2) is 0 Å². The summed E-state index contributed by atoms with van der Waals surface area (Å²) in [7, 11) is 0. The Morgan fingerprint density at radius 1 is 1.22 bits per heavy atom. The summed E-state index contributed by atoms with van der Waals surface area (Å²) in [5, 5.41) is 0. The van der Waals surface area contributed by atoms with Crippen molar-refractivity contribution in [2.45, 2.75) is 12.8 Å². The van der Waals surface area contributed by atoms with Crippen LogP contribution in [0.1, 0.15) is 12.8 Å². The summed E-state index contributed by atoms with van der Waals surface area (Å²) in [4.78, 5) is 0. The second-order valence-electron chi connectivity index (χ2n) is 1.81. The van der Waals surface area contributed by atoms with Gasteiger partial charge in [0, 0.05) is 10.7 Å². The average Bonchev–Trinajstić information content (AvgIpc) is 1.83. The van der Waals surface area contributed by atoms with Crippen LogP contribution in [-0.4, -0.2) is 0 Å². The van der Waals surface area contributed by atoms with Crippen LogP contribution in [0.4, 0.5) is 0 Å². The van der Waals surface area contributed by atoms with Gasteiger partial charge in [0.15, 0.2) is 0 Å². The number of hydrogen-bond donors (Lipinski definition) is 0. The zero-order valence-corrected chi connectivity index (χ0v) is 11.1. The quantitative estimate of drug-likeness (QED) is 0.479. The Hall–Kier alpha value is 1.67. The lowest BCUT2D eigenvalue weighted by Gasteiger charge is -2.07. The molecule has 0 saturated heterocycles. The topological polar surface area (TPSA) is 0 Å². The minimum absolute atomic E-state index is 1.23. The van der Waals surface area contributed by atoms with E-state index >= 15 is 0 Å². The lowest BCUT2D eigenvalue weighted by molar-refractivity contribution is 1.03. The Morgan fingerprint density at radius 2 is 1.89 bits per heavy atom. The third-order valence-corrected chi connectivity index (χ3v) is 6.49. The number of hydrogen-bond acceptors (Lipinski definition) is 0. The summed E-state index contributed by atoms with van der Waals surface area (Å²) in [6, 6.07) is 0. The molecule has 50 valence electrons. The van der Waals surface area contributed by atoms with E-state index in [9.17, 15) is 0 Å². The summed E-state index contributed by atoms with van der Waals surface area (Å²) in [6.45, 7) is 0. The van der Waals surface area contributed by atoms with Gasteiger partial charge < -0.3 is 0 Å². The zero-order valence-electron chi connectivity index (χ0n) is 4.63. The molecule has 0 heterocycles. The van der Waals surface area contributed by atoms with E-state index in [4.69, 9.17) is 0 Å². The van der Waals surface area contributed by atoms with Gasteiger partial charge in [-0.05, 0) is 80.6 Å². The second-order valence-corrected chi connectivity index (χ2v) is 5.35. The van der Waals surface area contributed by atoms with E-state index in [0.717, 1.165) is 0 Å². The molecular formula is C6H5I3. The molecule has 0 N–H and O–H groups in total. The van der Waals surface area contributed by atoms with Gasteiger partial charge in [-0.15, -0.1) is 0 Å². The fraction of sp³-hybridized carbons (Fsp3) is 0.333. The lowest BCUT2D eigenvalue weighted by atomic mass is 10.2. The van der Waals surface area contributed by atoms with Crippen LogP contribution in [0.3, 0.4) is 0 Å². The Kier molecular flexibility index (Phi) is 3.79. The maximum absolute atomic E-state index is 2.42. The predicted molar refractivity (Wildman–Crippen MR) is 66.4 cm³/mol. The fourth-order valence-electron chi connectivity index (χ4n) is 0.655. The first-order chi connectivity index (χ1) is 4.22. The van der Waals surface area contributed by atoms with Crippen molar-refractivity contribution in [2.75, 3.05) is 0 Å². The summed E-state index contributed by atoms with van der Waals surface area (Å²) in [5.74, 6) is 0. The van der Waals surface area contributed by atoms with Gasteiger partial charge >= 0.3 is 0 Å². The SMILES string of the molecule is IC1=CCCC(I)=C1I. The van der Waals surface area contributed by atoms with E-state index in [1.807, 2.05) is 0 Å². The normalized spacial score (nSPS) is 20.1. The first-order valence-electron chi connectivity index (χ1n) is 2.62. The Morgan fingerprint density at radius 3 is 2.33 bits per heavy atom. The van der Waals surface area contributed by atoms with Crippen molar-refractivity contribution in [1.82, 2.24) is 0 Å².